The Labute approximate surface area is 162 Å². The number of amides is 2. The number of rotatable bonds is 6. The van der Waals surface area contributed by atoms with Crippen molar-refractivity contribution in [2.24, 2.45) is 0 Å². The van der Waals surface area contributed by atoms with E-state index in [1.54, 1.807) is 38.1 Å². The lowest BCUT2D eigenvalue weighted by Gasteiger charge is -2.18. The first kappa shape index (κ1) is 20.0. The number of hydrogen-bond donors (Lipinski definition) is 2. The average Bonchev–Trinajstić information content (AvgIpc) is 2.59. The summed E-state index contributed by atoms with van der Waals surface area (Å²) in [6.07, 6.45) is -0.226. The van der Waals surface area contributed by atoms with Gasteiger partial charge in [0, 0.05) is 22.3 Å². The van der Waals surface area contributed by atoms with Gasteiger partial charge in [-0.15, -0.1) is 0 Å². The smallest absolute Gasteiger partial charge is 0.265 e. The molecule has 0 aliphatic heterocycles. The standard InChI is InChI=1S/C20H23BrN2O3/c1-5-18(24)22-16-6-8-17(9-7-16)23-20(25)14(4)26-19-12(2)10-15(21)11-13(19)3/h6-11,14H,5H2,1-4H3,(H,22,24)(H,23,25). The van der Waals surface area contributed by atoms with Gasteiger partial charge < -0.3 is 15.4 Å². The third-order valence-corrected chi connectivity index (χ3v) is 4.30. The Hall–Kier alpha value is -2.34. The van der Waals surface area contributed by atoms with Crippen molar-refractivity contribution in [3.8, 4) is 5.75 Å². The summed E-state index contributed by atoms with van der Waals surface area (Å²) in [6.45, 7) is 7.40. The summed E-state index contributed by atoms with van der Waals surface area (Å²) in [6, 6.07) is 10.9. The number of carbonyl (C=O) groups is 2. The van der Waals surface area contributed by atoms with Crippen molar-refractivity contribution in [1.82, 2.24) is 0 Å². The van der Waals surface area contributed by atoms with Crippen molar-refractivity contribution in [3.63, 3.8) is 0 Å². The third-order valence-electron chi connectivity index (χ3n) is 3.85. The number of carbonyl (C=O) groups excluding carboxylic acids is 2. The van der Waals surface area contributed by atoms with Gasteiger partial charge in [-0.2, -0.15) is 0 Å². The van der Waals surface area contributed by atoms with Crippen LogP contribution in [0.5, 0.6) is 5.75 Å². The summed E-state index contributed by atoms with van der Waals surface area (Å²) in [5.41, 5.74) is 3.27. The number of benzene rings is 2. The van der Waals surface area contributed by atoms with E-state index in [4.69, 9.17) is 4.74 Å². The molecule has 0 fully saturated rings. The van der Waals surface area contributed by atoms with Crippen LogP contribution in [0.2, 0.25) is 0 Å². The molecule has 138 valence electrons. The summed E-state index contributed by atoms with van der Waals surface area (Å²) < 4.78 is 6.84. The molecular formula is C20H23BrN2O3. The van der Waals surface area contributed by atoms with Crippen LogP contribution in [-0.2, 0) is 9.59 Å². The van der Waals surface area contributed by atoms with Gasteiger partial charge in [0.15, 0.2) is 6.10 Å². The number of hydrogen-bond acceptors (Lipinski definition) is 3. The monoisotopic (exact) mass is 418 g/mol. The molecule has 2 N–H and O–H groups in total. The minimum absolute atomic E-state index is 0.0518. The van der Waals surface area contributed by atoms with E-state index >= 15 is 0 Å². The molecule has 0 aliphatic carbocycles. The summed E-state index contributed by atoms with van der Waals surface area (Å²) >= 11 is 3.45. The van der Waals surface area contributed by atoms with Gasteiger partial charge in [-0.05, 0) is 68.3 Å². The van der Waals surface area contributed by atoms with E-state index in [9.17, 15) is 9.59 Å². The van der Waals surface area contributed by atoms with E-state index in [-0.39, 0.29) is 11.8 Å². The molecule has 26 heavy (non-hydrogen) atoms. The molecule has 1 atom stereocenters. The van der Waals surface area contributed by atoms with Crippen molar-refractivity contribution < 1.29 is 14.3 Å². The summed E-state index contributed by atoms with van der Waals surface area (Å²) in [5, 5.41) is 5.59. The minimum atomic E-state index is -0.645. The molecule has 2 aromatic rings. The fraction of sp³-hybridized carbons (Fsp3) is 0.300. The molecule has 1 unspecified atom stereocenters. The second-order valence-electron chi connectivity index (χ2n) is 6.10. The summed E-state index contributed by atoms with van der Waals surface area (Å²) in [7, 11) is 0. The van der Waals surface area contributed by atoms with Crippen molar-refractivity contribution in [2.45, 2.75) is 40.2 Å². The van der Waals surface area contributed by atoms with E-state index < -0.39 is 6.10 Å². The van der Waals surface area contributed by atoms with Gasteiger partial charge in [0.05, 0.1) is 0 Å². The molecule has 0 aliphatic rings. The number of aryl methyl sites for hydroxylation is 2. The van der Waals surface area contributed by atoms with Crippen molar-refractivity contribution in [2.75, 3.05) is 10.6 Å². The van der Waals surface area contributed by atoms with Gasteiger partial charge in [0.2, 0.25) is 5.91 Å². The molecule has 0 spiro atoms. The Balaban J connectivity index is 2.00. The van der Waals surface area contributed by atoms with Crippen LogP contribution in [0.1, 0.15) is 31.4 Å². The van der Waals surface area contributed by atoms with E-state index in [2.05, 4.69) is 26.6 Å². The molecular weight excluding hydrogens is 396 g/mol. The third kappa shape index (κ3) is 5.33. The lowest BCUT2D eigenvalue weighted by atomic mass is 10.1. The van der Waals surface area contributed by atoms with Gasteiger partial charge in [-0.1, -0.05) is 22.9 Å². The molecule has 2 aromatic carbocycles. The van der Waals surface area contributed by atoms with E-state index in [0.717, 1.165) is 15.6 Å². The van der Waals surface area contributed by atoms with Crippen molar-refractivity contribution in [1.29, 1.82) is 0 Å². The maximum atomic E-state index is 12.4. The first-order valence-corrected chi connectivity index (χ1v) is 9.23. The van der Waals surface area contributed by atoms with E-state index in [1.165, 1.54) is 0 Å². The number of nitrogens with one attached hydrogen (secondary N) is 2. The quantitative estimate of drug-likeness (QED) is 0.706. The highest BCUT2D eigenvalue weighted by atomic mass is 79.9. The fourth-order valence-electron chi connectivity index (χ4n) is 2.44. The fourth-order valence-corrected chi connectivity index (χ4v) is 3.13. The molecule has 0 heterocycles. The lowest BCUT2D eigenvalue weighted by Crippen LogP contribution is -2.30. The van der Waals surface area contributed by atoms with E-state index in [0.29, 0.717) is 23.5 Å². The SMILES string of the molecule is CCC(=O)Nc1ccc(NC(=O)C(C)Oc2c(C)cc(Br)cc2C)cc1. The largest absolute Gasteiger partial charge is 0.480 e. The number of anilines is 2. The molecule has 0 radical (unpaired) electrons. The van der Waals surface area contributed by atoms with Crippen LogP contribution < -0.4 is 15.4 Å². The molecule has 2 amide bonds. The molecule has 0 saturated carbocycles. The Bertz CT molecular complexity index is 780. The van der Waals surface area contributed by atoms with Crippen LogP contribution in [0.3, 0.4) is 0 Å². The second-order valence-corrected chi connectivity index (χ2v) is 7.01. The van der Waals surface area contributed by atoms with Gasteiger partial charge in [-0.25, -0.2) is 0 Å². The van der Waals surface area contributed by atoms with Crippen molar-refractivity contribution in [3.05, 3.63) is 52.0 Å². The van der Waals surface area contributed by atoms with Crippen LogP contribution >= 0.6 is 15.9 Å². The Morgan fingerprint density at radius 1 is 1.04 bits per heavy atom. The van der Waals surface area contributed by atoms with Crippen LogP contribution in [0.15, 0.2) is 40.9 Å². The lowest BCUT2D eigenvalue weighted by molar-refractivity contribution is -0.122. The van der Waals surface area contributed by atoms with Gasteiger partial charge in [0.25, 0.3) is 5.91 Å². The molecule has 6 heteroatoms. The van der Waals surface area contributed by atoms with Crippen LogP contribution in [-0.4, -0.2) is 17.9 Å². The zero-order valence-electron chi connectivity index (χ0n) is 15.4. The summed E-state index contributed by atoms with van der Waals surface area (Å²) in [5.74, 6) is 0.426. The van der Waals surface area contributed by atoms with Crippen LogP contribution in [0.4, 0.5) is 11.4 Å². The zero-order chi connectivity index (χ0) is 19.3. The predicted octanol–water partition coefficient (Wildman–Crippen LogP) is 4.82. The van der Waals surface area contributed by atoms with Gasteiger partial charge >= 0.3 is 0 Å². The maximum absolute atomic E-state index is 12.4. The number of halogens is 1. The molecule has 0 aromatic heterocycles. The summed E-state index contributed by atoms with van der Waals surface area (Å²) in [4.78, 5) is 23.8. The van der Waals surface area contributed by atoms with Crippen LogP contribution in [0.25, 0.3) is 0 Å². The second kappa shape index (κ2) is 8.85. The van der Waals surface area contributed by atoms with Gasteiger partial charge in [0.1, 0.15) is 5.75 Å². The highest BCUT2D eigenvalue weighted by Gasteiger charge is 2.17. The zero-order valence-corrected chi connectivity index (χ0v) is 16.9. The van der Waals surface area contributed by atoms with Crippen molar-refractivity contribution >= 4 is 39.1 Å². The first-order valence-electron chi connectivity index (χ1n) is 8.44. The molecule has 0 saturated heterocycles. The van der Waals surface area contributed by atoms with E-state index in [1.807, 2.05) is 26.0 Å². The average molecular weight is 419 g/mol. The molecule has 0 bridgehead atoms. The molecule has 5 nitrogen and oxygen atoms in total. The molecule has 2 rings (SSSR count). The topological polar surface area (TPSA) is 67.4 Å². The maximum Gasteiger partial charge on any atom is 0.265 e. The van der Waals surface area contributed by atoms with Crippen LogP contribution in [0, 0.1) is 13.8 Å². The Kier molecular flexibility index (Phi) is 6.80. The highest BCUT2D eigenvalue weighted by molar-refractivity contribution is 9.10. The Morgan fingerprint density at radius 3 is 2.04 bits per heavy atom. The highest BCUT2D eigenvalue weighted by Crippen LogP contribution is 2.28. The first-order chi connectivity index (χ1) is 12.3. The Morgan fingerprint density at radius 2 is 1.54 bits per heavy atom. The van der Waals surface area contributed by atoms with Gasteiger partial charge in [-0.3, -0.25) is 9.59 Å². The predicted molar refractivity (Wildman–Crippen MR) is 108 cm³/mol. The number of ether oxygens (including phenoxy) is 1. The minimum Gasteiger partial charge on any atom is -0.480 e. The normalized spacial score (nSPS) is 11.6.